The summed E-state index contributed by atoms with van der Waals surface area (Å²) in [5.41, 5.74) is 0.500. The first-order valence-electron chi connectivity index (χ1n) is 7.25. The van der Waals surface area contributed by atoms with Gasteiger partial charge in [-0.1, -0.05) is 18.9 Å². The number of hydrogen-bond acceptors (Lipinski definition) is 4. The third-order valence-electron chi connectivity index (χ3n) is 4.27. The molecule has 2 aromatic heterocycles. The summed E-state index contributed by atoms with van der Waals surface area (Å²) in [6.45, 7) is 0.280. The van der Waals surface area contributed by atoms with Crippen LogP contribution < -0.4 is 5.32 Å². The van der Waals surface area contributed by atoms with E-state index in [1.807, 2.05) is 28.3 Å². The summed E-state index contributed by atoms with van der Waals surface area (Å²) in [7, 11) is 0. The number of amides is 1. The average molecular weight is 321 g/mol. The third-order valence-corrected chi connectivity index (χ3v) is 6.04. The number of nitrogens with one attached hydrogen (secondary N) is 1. The zero-order valence-electron chi connectivity index (χ0n) is 11.7. The second-order valence-electron chi connectivity index (χ2n) is 5.55. The minimum Gasteiger partial charge on any atom is -0.387 e. The van der Waals surface area contributed by atoms with Crippen molar-refractivity contribution in [3.05, 3.63) is 44.8 Å². The SMILES string of the molecule is O=C(NCC(O)c1ccsc1)C1(c2cccs2)CCCC1. The largest absolute Gasteiger partial charge is 0.387 e. The summed E-state index contributed by atoms with van der Waals surface area (Å²) in [6.07, 6.45) is 3.39. The Hall–Kier alpha value is -1.17. The maximum absolute atomic E-state index is 12.7. The van der Waals surface area contributed by atoms with Crippen molar-refractivity contribution < 1.29 is 9.90 Å². The van der Waals surface area contributed by atoms with E-state index in [9.17, 15) is 9.90 Å². The molecule has 1 amide bonds. The molecule has 1 fully saturated rings. The van der Waals surface area contributed by atoms with Crippen molar-refractivity contribution in [3.8, 4) is 0 Å². The van der Waals surface area contributed by atoms with Gasteiger partial charge in [0.2, 0.25) is 5.91 Å². The lowest BCUT2D eigenvalue weighted by Crippen LogP contribution is -2.43. The minimum absolute atomic E-state index is 0.0664. The Bertz CT molecular complexity index is 571. The number of carbonyl (C=O) groups excluding carboxylic acids is 1. The van der Waals surface area contributed by atoms with Crippen LogP contribution in [0.2, 0.25) is 0 Å². The molecule has 1 atom stereocenters. The Kier molecular flexibility index (Phi) is 4.42. The molecule has 1 saturated carbocycles. The molecular weight excluding hydrogens is 302 g/mol. The third kappa shape index (κ3) is 2.91. The lowest BCUT2D eigenvalue weighted by atomic mass is 9.83. The normalized spacial score (nSPS) is 18.5. The smallest absolute Gasteiger partial charge is 0.231 e. The molecule has 0 saturated heterocycles. The van der Waals surface area contributed by atoms with Gasteiger partial charge in [0.05, 0.1) is 11.5 Å². The fourth-order valence-corrected chi connectivity index (χ4v) is 4.75. The lowest BCUT2D eigenvalue weighted by molar-refractivity contribution is -0.127. The van der Waals surface area contributed by atoms with Crippen molar-refractivity contribution >= 4 is 28.6 Å². The summed E-state index contributed by atoms with van der Waals surface area (Å²) in [6, 6.07) is 5.96. The highest BCUT2D eigenvalue weighted by molar-refractivity contribution is 7.10. The number of aliphatic hydroxyl groups is 1. The molecule has 3 rings (SSSR count). The molecule has 0 aromatic carbocycles. The summed E-state index contributed by atoms with van der Waals surface area (Å²) >= 11 is 3.21. The molecule has 3 nitrogen and oxygen atoms in total. The second kappa shape index (κ2) is 6.30. The summed E-state index contributed by atoms with van der Waals surface area (Å²) < 4.78 is 0. The molecule has 2 N–H and O–H groups in total. The van der Waals surface area contributed by atoms with Crippen molar-refractivity contribution in [2.24, 2.45) is 0 Å². The van der Waals surface area contributed by atoms with Crippen LogP contribution in [0.1, 0.15) is 42.2 Å². The molecule has 0 radical (unpaired) electrons. The van der Waals surface area contributed by atoms with Gasteiger partial charge in [-0.3, -0.25) is 4.79 Å². The number of rotatable bonds is 5. The first kappa shape index (κ1) is 14.8. The van der Waals surface area contributed by atoms with Crippen LogP contribution in [0.15, 0.2) is 34.3 Å². The topological polar surface area (TPSA) is 49.3 Å². The van der Waals surface area contributed by atoms with Crippen LogP contribution >= 0.6 is 22.7 Å². The van der Waals surface area contributed by atoms with Gasteiger partial charge in [0, 0.05) is 11.4 Å². The van der Waals surface area contributed by atoms with Crippen molar-refractivity contribution in [2.45, 2.75) is 37.2 Å². The standard InChI is InChI=1S/C16H19NO2S2/c18-13(12-5-9-20-11-12)10-17-15(19)16(6-1-2-7-16)14-4-3-8-21-14/h3-5,8-9,11,13,18H,1-2,6-7,10H2,(H,17,19). The van der Waals surface area contributed by atoms with Gasteiger partial charge in [0.25, 0.3) is 0 Å². The fourth-order valence-electron chi connectivity index (χ4n) is 3.06. The maximum Gasteiger partial charge on any atom is 0.231 e. The van der Waals surface area contributed by atoms with Gasteiger partial charge < -0.3 is 10.4 Å². The second-order valence-corrected chi connectivity index (χ2v) is 7.28. The fraction of sp³-hybridized carbons (Fsp3) is 0.438. The molecule has 1 aliphatic carbocycles. The van der Waals surface area contributed by atoms with Gasteiger partial charge in [-0.2, -0.15) is 11.3 Å². The lowest BCUT2D eigenvalue weighted by Gasteiger charge is -2.27. The Labute approximate surface area is 132 Å². The van der Waals surface area contributed by atoms with Crippen molar-refractivity contribution in [3.63, 3.8) is 0 Å². The van der Waals surface area contributed by atoms with Gasteiger partial charge >= 0.3 is 0 Å². The molecule has 1 aliphatic rings. The van der Waals surface area contributed by atoms with E-state index >= 15 is 0 Å². The zero-order chi connectivity index (χ0) is 14.7. The van der Waals surface area contributed by atoms with Crippen LogP contribution in [0.25, 0.3) is 0 Å². The van der Waals surface area contributed by atoms with E-state index in [-0.39, 0.29) is 17.9 Å². The van der Waals surface area contributed by atoms with Gasteiger partial charge in [-0.05, 0) is 46.7 Å². The van der Waals surface area contributed by atoms with Crippen LogP contribution in [0.3, 0.4) is 0 Å². The van der Waals surface area contributed by atoms with Crippen LogP contribution in [-0.2, 0) is 10.2 Å². The van der Waals surface area contributed by atoms with Crippen LogP contribution in [0, 0.1) is 0 Å². The van der Waals surface area contributed by atoms with E-state index in [1.165, 1.54) is 0 Å². The average Bonchev–Trinajstić information content (AvgIpc) is 3.26. The van der Waals surface area contributed by atoms with Gasteiger partial charge in [-0.25, -0.2) is 0 Å². The van der Waals surface area contributed by atoms with E-state index in [1.54, 1.807) is 22.7 Å². The van der Waals surface area contributed by atoms with E-state index < -0.39 is 6.10 Å². The molecule has 0 aliphatic heterocycles. The summed E-state index contributed by atoms with van der Waals surface area (Å²) in [5, 5.41) is 19.0. The van der Waals surface area contributed by atoms with Gasteiger partial charge in [-0.15, -0.1) is 11.3 Å². The van der Waals surface area contributed by atoms with Crippen molar-refractivity contribution in [2.75, 3.05) is 6.54 Å². The highest BCUT2D eigenvalue weighted by Crippen LogP contribution is 2.43. The first-order valence-corrected chi connectivity index (χ1v) is 9.07. The summed E-state index contributed by atoms with van der Waals surface area (Å²) in [5.74, 6) is 0.0664. The van der Waals surface area contributed by atoms with Crippen LogP contribution in [-0.4, -0.2) is 17.6 Å². The number of thiophene rings is 2. The number of carbonyl (C=O) groups is 1. The molecule has 2 aromatic rings. The van der Waals surface area contributed by atoms with Crippen molar-refractivity contribution in [1.82, 2.24) is 5.32 Å². The van der Waals surface area contributed by atoms with E-state index in [2.05, 4.69) is 11.4 Å². The monoisotopic (exact) mass is 321 g/mol. The Morgan fingerprint density at radius 2 is 2.14 bits per heavy atom. The van der Waals surface area contributed by atoms with Gasteiger partial charge in [0.1, 0.15) is 0 Å². The molecule has 112 valence electrons. The predicted octanol–water partition coefficient (Wildman–Crippen LogP) is 3.47. The molecule has 2 heterocycles. The molecule has 0 bridgehead atoms. The highest BCUT2D eigenvalue weighted by atomic mass is 32.1. The minimum atomic E-state index is -0.623. The van der Waals surface area contributed by atoms with Crippen LogP contribution in [0.5, 0.6) is 0 Å². The molecule has 21 heavy (non-hydrogen) atoms. The first-order chi connectivity index (χ1) is 10.2. The summed E-state index contributed by atoms with van der Waals surface area (Å²) in [4.78, 5) is 13.9. The molecule has 5 heteroatoms. The predicted molar refractivity (Wildman–Crippen MR) is 86.8 cm³/mol. The quantitative estimate of drug-likeness (QED) is 0.886. The van der Waals surface area contributed by atoms with E-state index in [0.29, 0.717) is 0 Å². The Morgan fingerprint density at radius 1 is 1.33 bits per heavy atom. The van der Waals surface area contributed by atoms with E-state index in [4.69, 9.17) is 0 Å². The molecular formula is C16H19NO2S2. The van der Waals surface area contributed by atoms with Crippen molar-refractivity contribution in [1.29, 1.82) is 0 Å². The van der Waals surface area contributed by atoms with Crippen LogP contribution in [0.4, 0.5) is 0 Å². The zero-order valence-corrected chi connectivity index (χ0v) is 13.4. The Balaban J connectivity index is 1.68. The number of aliphatic hydroxyl groups excluding tert-OH is 1. The maximum atomic E-state index is 12.7. The van der Waals surface area contributed by atoms with E-state index in [0.717, 1.165) is 36.1 Å². The highest BCUT2D eigenvalue weighted by Gasteiger charge is 2.43. The Morgan fingerprint density at radius 3 is 2.76 bits per heavy atom. The molecule has 1 unspecified atom stereocenters. The molecule has 0 spiro atoms. The van der Waals surface area contributed by atoms with Gasteiger partial charge in [0.15, 0.2) is 0 Å². The number of hydrogen-bond donors (Lipinski definition) is 2.